The largest absolute Gasteiger partial charge is 0.425 e. The number of allylic oxidation sites excluding steroid dienone is 2. The molecule has 3 rings (SSSR count). The first-order valence-corrected chi connectivity index (χ1v) is 8.32. The molecule has 1 aliphatic rings. The zero-order valence-electron chi connectivity index (χ0n) is 12.6. The smallest absolute Gasteiger partial charge is 0.206 e. The van der Waals surface area contributed by atoms with E-state index in [-0.39, 0.29) is 5.56 Å². The second-order valence-corrected chi connectivity index (χ2v) is 7.05. The molecule has 122 valence electrons. The molecule has 0 bridgehead atoms. The quantitative estimate of drug-likeness (QED) is 0.529. The summed E-state index contributed by atoms with van der Waals surface area (Å²) in [4.78, 5) is -0.410. The summed E-state index contributed by atoms with van der Waals surface area (Å²) >= 11 is 0.569. The maximum Gasteiger partial charge on any atom is 0.425 e. The Balaban J connectivity index is 1.89. The summed E-state index contributed by atoms with van der Waals surface area (Å²) < 4.78 is 52.4. The van der Waals surface area contributed by atoms with E-state index >= 15 is 0 Å². The summed E-state index contributed by atoms with van der Waals surface area (Å²) in [5.74, 6) is 0.173. The van der Waals surface area contributed by atoms with Crippen LogP contribution >= 0.6 is 11.3 Å². The second-order valence-electron chi connectivity index (χ2n) is 5.97. The molecule has 0 saturated carbocycles. The minimum absolute atomic E-state index is 0.221. The number of hydrogen-bond donors (Lipinski definition) is 0. The van der Waals surface area contributed by atoms with Crippen LogP contribution in [0.4, 0.5) is 17.6 Å². The predicted molar refractivity (Wildman–Crippen MR) is 85.7 cm³/mol. The highest BCUT2D eigenvalue weighted by Gasteiger charge is 2.32. The Hall–Kier alpha value is -1.62. The summed E-state index contributed by atoms with van der Waals surface area (Å²) in [6, 6.07) is 7.14. The van der Waals surface area contributed by atoms with E-state index in [0.717, 1.165) is 36.5 Å². The summed E-state index contributed by atoms with van der Waals surface area (Å²) in [6.07, 6.45) is 0.725. The van der Waals surface area contributed by atoms with Gasteiger partial charge in [0.1, 0.15) is 10.7 Å². The average Bonchev–Trinajstić information content (AvgIpc) is 2.97. The van der Waals surface area contributed by atoms with Gasteiger partial charge in [-0.15, -0.1) is 11.3 Å². The number of rotatable bonds is 2. The van der Waals surface area contributed by atoms with Crippen molar-refractivity contribution in [2.45, 2.75) is 32.4 Å². The van der Waals surface area contributed by atoms with Crippen molar-refractivity contribution in [3.8, 4) is 10.4 Å². The first-order valence-electron chi connectivity index (χ1n) is 7.51. The van der Waals surface area contributed by atoms with Crippen molar-refractivity contribution in [2.24, 2.45) is 5.92 Å². The van der Waals surface area contributed by atoms with Crippen molar-refractivity contribution in [3.63, 3.8) is 0 Å². The molecule has 1 aliphatic carbocycles. The van der Waals surface area contributed by atoms with Gasteiger partial charge in [0.2, 0.25) is 0 Å². The highest BCUT2D eigenvalue weighted by atomic mass is 32.1. The third-order valence-electron chi connectivity index (χ3n) is 4.16. The van der Waals surface area contributed by atoms with Gasteiger partial charge in [-0.1, -0.05) is 25.1 Å². The van der Waals surface area contributed by atoms with Gasteiger partial charge in [0.15, 0.2) is 0 Å². The topological polar surface area (TPSA) is 0 Å². The Kier molecular flexibility index (Phi) is 4.32. The molecule has 1 aromatic carbocycles. The monoisotopic (exact) mass is 340 g/mol. The van der Waals surface area contributed by atoms with Gasteiger partial charge in [0, 0.05) is 10.4 Å². The lowest BCUT2D eigenvalue weighted by molar-refractivity contribution is -0.134. The molecule has 1 unspecified atom stereocenters. The minimum Gasteiger partial charge on any atom is -0.206 e. The van der Waals surface area contributed by atoms with Gasteiger partial charge in [0.25, 0.3) is 0 Å². The summed E-state index contributed by atoms with van der Waals surface area (Å²) in [7, 11) is 0. The van der Waals surface area contributed by atoms with Gasteiger partial charge in [-0.25, -0.2) is 4.39 Å². The van der Waals surface area contributed by atoms with Crippen molar-refractivity contribution in [2.75, 3.05) is 0 Å². The van der Waals surface area contributed by atoms with Gasteiger partial charge in [-0.3, -0.25) is 0 Å². The van der Waals surface area contributed by atoms with E-state index in [1.807, 2.05) is 0 Å². The Labute approximate surface area is 136 Å². The first kappa shape index (κ1) is 16.2. The van der Waals surface area contributed by atoms with Crippen molar-refractivity contribution in [1.29, 1.82) is 0 Å². The van der Waals surface area contributed by atoms with E-state index in [2.05, 4.69) is 13.0 Å². The molecule has 23 heavy (non-hydrogen) atoms. The summed E-state index contributed by atoms with van der Waals surface area (Å²) in [5, 5.41) is 0. The molecule has 2 aromatic rings. The van der Waals surface area contributed by atoms with Crippen LogP contribution in [-0.2, 0) is 6.18 Å². The van der Waals surface area contributed by atoms with Crippen LogP contribution < -0.4 is 0 Å². The van der Waals surface area contributed by atoms with E-state index in [1.165, 1.54) is 12.1 Å². The number of alkyl halides is 3. The highest BCUT2D eigenvalue weighted by molar-refractivity contribution is 7.15. The SMILES string of the molecule is CC1CC=C(c2ccc(-c3ccc(C(F)(F)F)s3)c(F)c2)CC1. The molecule has 0 spiro atoms. The van der Waals surface area contributed by atoms with Crippen LogP contribution in [0.25, 0.3) is 16.0 Å². The Morgan fingerprint density at radius 1 is 1.13 bits per heavy atom. The van der Waals surface area contributed by atoms with Gasteiger partial charge < -0.3 is 0 Å². The third kappa shape index (κ3) is 3.50. The normalized spacial score (nSPS) is 18.8. The molecule has 1 aromatic heterocycles. The predicted octanol–water partition coefficient (Wildman–Crippen LogP) is 6.78. The molecule has 0 aliphatic heterocycles. The Bertz CT molecular complexity index is 740. The minimum atomic E-state index is -4.39. The third-order valence-corrected chi connectivity index (χ3v) is 5.33. The van der Waals surface area contributed by atoms with Gasteiger partial charge in [0.05, 0.1) is 0 Å². The van der Waals surface area contributed by atoms with Crippen LogP contribution in [0.1, 0.15) is 36.6 Å². The van der Waals surface area contributed by atoms with E-state index in [1.54, 1.807) is 12.1 Å². The molecule has 0 N–H and O–H groups in total. The zero-order chi connectivity index (χ0) is 16.6. The van der Waals surface area contributed by atoms with E-state index in [0.29, 0.717) is 22.1 Å². The maximum atomic E-state index is 14.4. The van der Waals surface area contributed by atoms with Crippen molar-refractivity contribution in [1.82, 2.24) is 0 Å². The fourth-order valence-electron chi connectivity index (χ4n) is 2.78. The lowest BCUT2D eigenvalue weighted by atomic mass is 9.87. The molecule has 0 nitrogen and oxygen atoms in total. The average molecular weight is 340 g/mol. The van der Waals surface area contributed by atoms with Crippen molar-refractivity contribution >= 4 is 16.9 Å². The van der Waals surface area contributed by atoms with Crippen LogP contribution in [0, 0.1) is 11.7 Å². The fourth-order valence-corrected chi connectivity index (χ4v) is 3.68. The van der Waals surface area contributed by atoms with E-state index in [4.69, 9.17) is 0 Å². The molecule has 1 atom stereocenters. The Morgan fingerprint density at radius 3 is 2.48 bits per heavy atom. The Morgan fingerprint density at radius 2 is 1.91 bits per heavy atom. The molecule has 1 heterocycles. The van der Waals surface area contributed by atoms with Crippen LogP contribution in [-0.4, -0.2) is 0 Å². The molecule has 0 amide bonds. The van der Waals surface area contributed by atoms with Crippen molar-refractivity contribution in [3.05, 3.63) is 52.7 Å². The number of benzene rings is 1. The standard InChI is InChI=1S/C18H16F4S/c1-11-2-4-12(5-3-11)13-6-7-14(15(19)10-13)16-8-9-17(23-16)18(20,21)22/h4,6-11H,2-3,5H2,1H3. The highest BCUT2D eigenvalue weighted by Crippen LogP contribution is 2.40. The fraction of sp³-hybridized carbons (Fsp3) is 0.333. The molecular formula is C18H16F4S. The van der Waals surface area contributed by atoms with Crippen molar-refractivity contribution < 1.29 is 17.6 Å². The van der Waals surface area contributed by atoms with Gasteiger partial charge in [-0.05, 0) is 54.5 Å². The number of halogens is 4. The van der Waals surface area contributed by atoms with Crippen LogP contribution in [0.3, 0.4) is 0 Å². The molecule has 0 saturated heterocycles. The second kappa shape index (κ2) is 6.11. The van der Waals surface area contributed by atoms with Gasteiger partial charge in [-0.2, -0.15) is 13.2 Å². The van der Waals surface area contributed by atoms with Crippen LogP contribution in [0.2, 0.25) is 0 Å². The van der Waals surface area contributed by atoms with E-state index < -0.39 is 16.9 Å². The number of thiophene rings is 1. The zero-order valence-corrected chi connectivity index (χ0v) is 13.4. The molecule has 0 radical (unpaired) electrons. The van der Waals surface area contributed by atoms with Gasteiger partial charge >= 0.3 is 6.18 Å². The molecule has 0 fully saturated rings. The molecular weight excluding hydrogens is 324 g/mol. The lowest BCUT2D eigenvalue weighted by Crippen LogP contribution is -2.01. The van der Waals surface area contributed by atoms with Crippen LogP contribution in [0.15, 0.2) is 36.4 Å². The molecule has 5 heteroatoms. The summed E-state index contributed by atoms with van der Waals surface area (Å²) in [5.41, 5.74) is 2.17. The lowest BCUT2D eigenvalue weighted by Gasteiger charge is -2.18. The number of hydrogen-bond acceptors (Lipinski definition) is 1. The van der Waals surface area contributed by atoms with Crippen LogP contribution in [0.5, 0.6) is 0 Å². The maximum absolute atomic E-state index is 14.4. The van der Waals surface area contributed by atoms with E-state index in [9.17, 15) is 17.6 Å². The summed E-state index contributed by atoms with van der Waals surface area (Å²) in [6.45, 7) is 2.19. The first-order chi connectivity index (χ1) is 10.8.